The molecule has 0 spiro atoms. The van der Waals surface area contributed by atoms with E-state index in [2.05, 4.69) is 31.2 Å². The van der Waals surface area contributed by atoms with Crippen LogP contribution in [0.3, 0.4) is 0 Å². The number of piperidine rings is 2. The SMILES string of the molecule is CC(C)(CCc1nc(Cn2nc(C(C)(C)NC(=O)[C@H]3[C@@H]4CNC[C@@H]43)c3ncccc32)ccc1C(F)(F)F)NC(=O)[C@H]1[C@@H]2CNC[C@@H]21. The first-order valence-corrected chi connectivity index (χ1v) is 16.2. The van der Waals surface area contributed by atoms with Gasteiger partial charge in [-0.05, 0) is 115 Å². The molecule has 2 amide bonds. The number of aryl methyl sites for hydroxylation is 1. The van der Waals surface area contributed by atoms with Crippen molar-refractivity contribution in [3.8, 4) is 0 Å². The van der Waals surface area contributed by atoms with E-state index in [-0.39, 0.29) is 42.3 Å². The summed E-state index contributed by atoms with van der Waals surface area (Å²) in [7, 11) is 0. The maximum absolute atomic E-state index is 14.1. The Morgan fingerprint density at radius 3 is 2.13 bits per heavy atom. The van der Waals surface area contributed by atoms with Crippen molar-refractivity contribution in [3.63, 3.8) is 0 Å². The lowest BCUT2D eigenvalue weighted by Crippen LogP contribution is -2.45. The summed E-state index contributed by atoms with van der Waals surface area (Å²) in [5.41, 5.74) is -0.0612. The van der Waals surface area contributed by atoms with E-state index in [9.17, 15) is 22.8 Å². The summed E-state index contributed by atoms with van der Waals surface area (Å²) >= 11 is 0. The van der Waals surface area contributed by atoms with Gasteiger partial charge in [-0.15, -0.1) is 0 Å². The summed E-state index contributed by atoms with van der Waals surface area (Å²) in [6.45, 7) is 11.0. The molecule has 4 fully saturated rings. The zero-order valence-electron chi connectivity index (χ0n) is 26.5. The maximum atomic E-state index is 14.1. The minimum absolute atomic E-state index is 0.000528. The molecule has 2 saturated heterocycles. The first kappa shape index (κ1) is 31.0. The Hall–Kier alpha value is -3.58. The first-order valence-electron chi connectivity index (χ1n) is 16.2. The van der Waals surface area contributed by atoms with E-state index < -0.39 is 22.8 Å². The predicted octanol–water partition coefficient (Wildman–Crippen LogP) is 3.00. The van der Waals surface area contributed by atoms with Crippen molar-refractivity contribution in [2.45, 2.75) is 64.3 Å². The second-order valence-electron chi connectivity index (χ2n) is 14.7. The van der Waals surface area contributed by atoms with Crippen LogP contribution in [0.2, 0.25) is 0 Å². The minimum Gasteiger partial charge on any atom is -0.351 e. The fraction of sp³-hybridized carbons (Fsp3) is 0.606. The van der Waals surface area contributed by atoms with Crippen LogP contribution in [0, 0.1) is 35.5 Å². The highest BCUT2D eigenvalue weighted by Gasteiger charge is 2.58. The topological polar surface area (TPSA) is 126 Å². The van der Waals surface area contributed by atoms with Crippen molar-refractivity contribution in [1.29, 1.82) is 0 Å². The fourth-order valence-electron chi connectivity index (χ4n) is 7.76. The number of halogens is 3. The van der Waals surface area contributed by atoms with Gasteiger partial charge in [-0.2, -0.15) is 18.3 Å². The molecule has 0 radical (unpaired) electrons. The van der Waals surface area contributed by atoms with Crippen LogP contribution in [0.15, 0.2) is 30.5 Å². The molecule has 5 heterocycles. The molecule has 4 aliphatic rings. The average Bonchev–Trinajstić information content (AvgIpc) is 3.55. The van der Waals surface area contributed by atoms with Crippen molar-refractivity contribution in [2.24, 2.45) is 35.5 Å². The molecule has 2 aliphatic heterocycles. The molecule has 2 saturated carbocycles. The number of nitrogens with zero attached hydrogens (tertiary/aromatic N) is 4. The van der Waals surface area contributed by atoms with Gasteiger partial charge in [0.25, 0.3) is 0 Å². The first-order chi connectivity index (χ1) is 21.7. The second kappa shape index (κ2) is 11.0. The quantitative estimate of drug-likeness (QED) is 0.269. The number of carbonyl (C=O) groups is 2. The van der Waals surface area contributed by atoms with Gasteiger partial charge in [-0.1, -0.05) is 0 Å². The van der Waals surface area contributed by atoms with Crippen molar-refractivity contribution in [1.82, 2.24) is 41.0 Å². The fourth-order valence-corrected chi connectivity index (χ4v) is 7.76. The lowest BCUT2D eigenvalue weighted by atomic mass is 9.94. The van der Waals surface area contributed by atoms with Gasteiger partial charge in [0.2, 0.25) is 11.8 Å². The molecule has 46 heavy (non-hydrogen) atoms. The molecule has 4 N–H and O–H groups in total. The van der Waals surface area contributed by atoms with Crippen LogP contribution >= 0.6 is 0 Å². The van der Waals surface area contributed by atoms with Crippen LogP contribution in [-0.4, -0.2) is 63.3 Å². The average molecular weight is 639 g/mol. The van der Waals surface area contributed by atoms with Gasteiger partial charge in [-0.25, -0.2) is 0 Å². The van der Waals surface area contributed by atoms with Gasteiger partial charge in [0.15, 0.2) is 0 Å². The number of fused-ring (bicyclic) bond motifs is 3. The summed E-state index contributed by atoms with van der Waals surface area (Å²) in [5.74, 6) is 1.44. The molecule has 6 atom stereocenters. The molecule has 10 nitrogen and oxygen atoms in total. The highest BCUT2D eigenvalue weighted by Crippen LogP contribution is 2.50. The van der Waals surface area contributed by atoms with Gasteiger partial charge >= 0.3 is 6.18 Å². The molecule has 7 rings (SSSR count). The molecule has 246 valence electrons. The number of nitrogens with one attached hydrogen (secondary N) is 4. The van der Waals surface area contributed by atoms with Gasteiger partial charge in [0.05, 0.1) is 34.6 Å². The van der Waals surface area contributed by atoms with Crippen LogP contribution in [-0.2, 0) is 34.3 Å². The van der Waals surface area contributed by atoms with Crippen LogP contribution in [0.25, 0.3) is 11.0 Å². The summed E-state index contributed by atoms with van der Waals surface area (Å²) in [5, 5.41) is 17.7. The Balaban J connectivity index is 1.10. The highest BCUT2D eigenvalue weighted by atomic mass is 19.4. The number of hydrogen-bond donors (Lipinski definition) is 4. The van der Waals surface area contributed by atoms with Crippen molar-refractivity contribution in [3.05, 3.63) is 53.1 Å². The number of aromatic nitrogens is 4. The third-order valence-electron chi connectivity index (χ3n) is 10.4. The summed E-state index contributed by atoms with van der Waals surface area (Å²) in [6.07, 6.45) is -2.57. The van der Waals surface area contributed by atoms with E-state index >= 15 is 0 Å². The summed E-state index contributed by atoms with van der Waals surface area (Å²) in [6, 6.07) is 6.10. The standard InChI is InChI=1S/C33H41F3N8O2/c1-31(2,41-29(45)25-18-12-37-13-19(18)25)10-9-23-22(33(34,35)36)8-7-17(40-23)16-44-24-6-5-11-39-27(24)28(43-44)32(3,4)42-30(46)26-20-14-38-15-21(20)26/h5-8,11,18-21,25-26,37-38H,9-10,12-16H2,1-4H3,(H,41,45)(H,42,46)/t18-,19+,20-,21+,25+,26+. The van der Waals surface area contributed by atoms with Crippen LogP contribution < -0.4 is 21.3 Å². The number of rotatable bonds is 10. The van der Waals surface area contributed by atoms with E-state index in [0.29, 0.717) is 52.5 Å². The number of carbonyl (C=O) groups excluding carboxylic acids is 2. The molecular weight excluding hydrogens is 597 g/mol. The Morgan fingerprint density at radius 1 is 0.913 bits per heavy atom. The zero-order chi connectivity index (χ0) is 32.6. The second-order valence-corrected chi connectivity index (χ2v) is 14.7. The Bertz CT molecular complexity index is 1660. The molecule has 3 aromatic rings. The van der Waals surface area contributed by atoms with Crippen molar-refractivity contribution >= 4 is 22.8 Å². The van der Waals surface area contributed by atoms with Gasteiger partial charge in [-0.3, -0.25) is 24.2 Å². The zero-order valence-corrected chi connectivity index (χ0v) is 26.5. The van der Waals surface area contributed by atoms with Crippen LogP contribution in [0.5, 0.6) is 0 Å². The van der Waals surface area contributed by atoms with E-state index in [0.717, 1.165) is 32.2 Å². The lowest BCUT2D eigenvalue weighted by Gasteiger charge is -2.27. The van der Waals surface area contributed by atoms with Gasteiger partial charge in [0.1, 0.15) is 11.2 Å². The van der Waals surface area contributed by atoms with E-state index in [4.69, 9.17) is 5.10 Å². The predicted molar refractivity (Wildman–Crippen MR) is 164 cm³/mol. The number of alkyl halides is 3. The minimum atomic E-state index is -4.57. The molecule has 0 aromatic carbocycles. The van der Waals surface area contributed by atoms with E-state index in [1.54, 1.807) is 16.9 Å². The van der Waals surface area contributed by atoms with E-state index in [1.165, 1.54) is 6.07 Å². The molecule has 0 unspecified atom stereocenters. The monoisotopic (exact) mass is 638 g/mol. The molecule has 13 heteroatoms. The molecule has 3 aromatic heterocycles. The van der Waals surface area contributed by atoms with Gasteiger partial charge in [0, 0.05) is 23.6 Å². The Morgan fingerprint density at radius 2 is 1.52 bits per heavy atom. The number of pyridine rings is 2. The number of hydrogen-bond acceptors (Lipinski definition) is 7. The summed E-state index contributed by atoms with van der Waals surface area (Å²) < 4.78 is 43.9. The highest BCUT2D eigenvalue weighted by molar-refractivity contribution is 5.85. The summed E-state index contributed by atoms with van der Waals surface area (Å²) in [4.78, 5) is 35.1. The van der Waals surface area contributed by atoms with E-state index in [1.807, 2.05) is 33.8 Å². The third-order valence-corrected chi connectivity index (χ3v) is 10.4. The third kappa shape index (κ3) is 5.76. The smallest absolute Gasteiger partial charge is 0.351 e. The maximum Gasteiger partial charge on any atom is 0.418 e. The largest absolute Gasteiger partial charge is 0.418 e. The normalized spacial score (nSPS) is 26.9. The number of amides is 2. The van der Waals surface area contributed by atoms with Crippen LogP contribution in [0.4, 0.5) is 13.2 Å². The molecular formula is C33H41F3N8O2. The Kier molecular flexibility index (Phi) is 7.43. The Labute approximate surface area is 265 Å². The van der Waals surface area contributed by atoms with Crippen molar-refractivity contribution in [2.75, 3.05) is 26.2 Å². The van der Waals surface area contributed by atoms with Crippen molar-refractivity contribution < 1.29 is 22.8 Å². The molecule has 2 aliphatic carbocycles. The molecule has 0 bridgehead atoms. The lowest BCUT2D eigenvalue weighted by molar-refractivity contribution is -0.138. The van der Waals surface area contributed by atoms with Gasteiger partial charge < -0.3 is 21.3 Å². The van der Waals surface area contributed by atoms with Crippen LogP contribution in [0.1, 0.15) is 56.8 Å².